The molecule has 0 saturated heterocycles. The molecule has 0 aliphatic carbocycles. The fraction of sp³-hybridized carbons (Fsp3) is 0.286. The number of ether oxygens (including phenoxy) is 1. The van der Waals surface area contributed by atoms with Gasteiger partial charge in [0, 0.05) is 5.69 Å². The van der Waals surface area contributed by atoms with E-state index in [1.807, 2.05) is 6.92 Å². The largest absolute Gasteiger partial charge is 0.462 e. The fourth-order valence-electron chi connectivity index (χ4n) is 1.27. The van der Waals surface area contributed by atoms with Gasteiger partial charge in [-0.15, -0.1) is 6.42 Å². The average Bonchev–Trinajstić information content (AvgIpc) is 2.37. The van der Waals surface area contributed by atoms with E-state index < -0.39 is 0 Å². The van der Waals surface area contributed by atoms with Gasteiger partial charge in [0.15, 0.2) is 0 Å². The predicted octanol–water partition coefficient (Wildman–Crippen LogP) is 2.22. The summed E-state index contributed by atoms with van der Waals surface area (Å²) >= 11 is 0. The van der Waals surface area contributed by atoms with E-state index in [9.17, 15) is 9.59 Å². The molecule has 4 heteroatoms. The average molecular weight is 245 g/mol. The molecule has 0 unspecified atom stereocenters. The van der Waals surface area contributed by atoms with Crippen LogP contribution in [0.3, 0.4) is 0 Å². The van der Waals surface area contributed by atoms with Gasteiger partial charge in [0.05, 0.1) is 18.6 Å². The molecule has 1 amide bonds. The van der Waals surface area contributed by atoms with Crippen LogP contribution in [0.15, 0.2) is 24.3 Å². The van der Waals surface area contributed by atoms with Crippen molar-refractivity contribution >= 4 is 17.6 Å². The Labute approximate surface area is 106 Å². The van der Waals surface area contributed by atoms with Crippen LogP contribution < -0.4 is 5.32 Å². The van der Waals surface area contributed by atoms with E-state index in [-0.39, 0.29) is 18.3 Å². The van der Waals surface area contributed by atoms with Gasteiger partial charge in [-0.3, -0.25) is 4.79 Å². The molecule has 1 aromatic rings. The molecular weight excluding hydrogens is 230 g/mol. The summed E-state index contributed by atoms with van der Waals surface area (Å²) < 4.78 is 4.98. The zero-order valence-electron chi connectivity index (χ0n) is 10.2. The van der Waals surface area contributed by atoms with Crippen molar-refractivity contribution in [2.45, 2.75) is 19.8 Å². The van der Waals surface area contributed by atoms with Gasteiger partial charge < -0.3 is 10.1 Å². The predicted molar refractivity (Wildman–Crippen MR) is 69.1 cm³/mol. The number of benzene rings is 1. The molecule has 1 N–H and O–H groups in total. The van der Waals surface area contributed by atoms with Gasteiger partial charge in [-0.1, -0.05) is 12.8 Å². The summed E-state index contributed by atoms with van der Waals surface area (Å²) in [5.41, 5.74) is 1.06. The van der Waals surface area contributed by atoms with Crippen LogP contribution in [0.1, 0.15) is 30.1 Å². The van der Waals surface area contributed by atoms with Crippen molar-refractivity contribution in [3.8, 4) is 12.3 Å². The molecule has 1 rings (SSSR count). The number of terminal acetylenes is 1. The van der Waals surface area contributed by atoms with E-state index in [4.69, 9.17) is 11.2 Å². The molecular formula is C14H15NO3. The SMILES string of the molecule is C#CCC(=O)Nc1ccc(C(=O)OCCC)cc1. The minimum Gasteiger partial charge on any atom is -0.462 e. The molecule has 0 aliphatic rings. The van der Waals surface area contributed by atoms with Crippen molar-refractivity contribution in [3.63, 3.8) is 0 Å². The summed E-state index contributed by atoms with van der Waals surface area (Å²) in [6, 6.07) is 6.47. The monoisotopic (exact) mass is 245 g/mol. The van der Waals surface area contributed by atoms with Gasteiger partial charge >= 0.3 is 5.97 Å². The lowest BCUT2D eigenvalue weighted by Crippen LogP contribution is -2.10. The molecule has 0 fully saturated rings. The molecule has 0 saturated carbocycles. The maximum Gasteiger partial charge on any atom is 0.338 e. The van der Waals surface area contributed by atoms with Gasteiger partial charge in [-0.05, 0) is 30.7 Å². The van der Waals surface area contributed by atoms with Crippen molar-refractivity contribution in [1.29, 1.82) is 0 Å². The summed E-state index contributed by atoms with van der Waals surface area (Å²) in [4.78, 5) is 22.7. The normalized spacial score (nSPS) is 9.33. The van der Waals surface area contributed by atoms with E-state index in [0.29, 0.717) is 17.9 Å². The smallest absolute Gasteiger partial charge is 0.338 e. The second kappa shape index (κ2) is 7.13. The highest BCUT2D eigenvalue weighted by molar-refractivity contribution is 5.93. The second-order valence-electron chi connectivity index (χ2n) is 3.64. The molecule has 0 spiro atoms. The minimum atomic E-state index is -0.363. The summed E-state index contributed by atoms with van der Waals surface area (Å²) in [5.74, 6) is 1.64. The van der Waals surface area contributed by atoms with Crippen molar-refractivity contribution < 1.29 is 14.3 Å². The number of nitrogens with one attached hydrogen (secondary N) is 1. The second-order valence-corrected chi connectivity index (χ2v) is 3.64. The maximum absolute atomic E-state index is 11.5. The van der Waals surface area contributed by atoms with Crippen LogP contribution in [0.4, 0.5) is 5.69 Å². The molecule has 18 heavy (non-hydrogen) atoms. The summed E-state index contributed by atoms with van der Waals surface area (Å²) in [6.07, 6.45) is 5.83. The zero-order chi connectivity index (χ0) is 13.4. The first-order chi connectivity index (χ1) is 8.67. The Bertz CT molecular complexity index is 457. The molecule has 0 aromatic heterocycles. The first-order valence-corrected chi connectivity index (χ1v) is 5.68. The Hall–Kier alpha value is -2.28. The van der Waals surface area contributed by atoms with Crippen LogP contribution in [0.5, 0.6) is 0 Å². The molecule has 4 nitrogen and oxygen atoms in total. The van der Waals surface area contributed by atoms with Crippen LogP contribution >= 0.6 is 0 Å². The van der Waals surface area contributed by atoms with Crippen molar-refractivity contribution in [2.75, 3.05) is 11.9 Å². The van der Waals surface area contributed by atoms with Gasteiger partial charge in [0.2, 0.25) is 5.91 Å². The molecule has 0 radical (unpaired) electrons. The Morgan fingerprint density at radius 3 is 2.56 bits per heavy atom. The van der Waals surface area contributed by atoms with Crippen molar-refractivity contribution in [2.24, 2.45) is 0 Å². The Kier molecular flexibility index (Phi) is 5.46. The van der Waals surface area contributed by atoms with Gasteiger partial charge in [-0.2, -0.15) is 0 Å². The van der Waals surface area contributed by atoms with Gasteiger partial charge in [0.25, 0.3) is 0 Å². The Morgan fingerprint density at radius 1 is 1.33 bits per heavy atom. The highest BCUT2D eigenvalue weighted by Gasteiger charge is 2.06. The zero-order valence-corrected chi connectivity index (χ0v) is 10.2. The minimum absolute atomic E-state index is 0.0281. The van der Waals surface area contributed by atoms with Crippen LogP contribution in [-0.4, -0.2) is 18.5 Å². The third-order valence-corrected chi connectivity index (χ3v) is 2.10. The first kappa shape index (κ1) is 13.8. The fourth-order valence-corrected chi connectivity index (χ4v) is 1.27. The first-order valence-electron chi connectivity index (χ1n) is 5.68. The van der Waals surface area contributed by atoms with Crippen molar-refractivity contribution in [1.82, 2.24) is 0 Å². The highest BCUT2D eigenvalue weighted by Crippen LogP contribution is 2.11. The number of carbonyl (C=O) groups is 2. The third-order valence-electron chi connectivity index (χ3n) is 2.10. The molecule has 0 heterocycles. The van der Waals surface area contributed by atoms with Crippen molar-refractivity contribution in [3.05, 3.63) is 29.8 Å². The van der Waals surface area contributed by atoms with E-state index in [0.717, 1.165) is 6.42 Å². The lowest BCUT2D eigenvalue weighted by Gasteiger charge is -2.05. The number of hydrogen-bond donors (Lipinski definition) is 1. The van der Waals surface area contributed by atoms with Crippen LogP contribution in [0.25, 0.3) is 0 Å². The van der Waals surface area contributed by atoms with E-state index >= 15 is 0 Å². The number of anilines is 1. The summed E-state index contributed by atoms with van der Waals surface area (Å²) in [7, 11) is 0. The standard InChI is InChI=1S/C14H15NO3/c1-3-5-13(16)15-12-8-6-11(7-9-12)14(17)18-10-4-2/h1,6-9H,4-5,10H2,2H3,(H,15,16). The number of hydrogen-bond acceptors (Lipinski definition) is 3. The topological polar surface area (TPSA) is 55.4 Å². The summed E-state index contributed by atoms with van der Waals surface area (Å²) in [6.45, 7) is 2.33. The van der Waals surface area contributed by atoms with Gasteiger partial charge in [0.1, 0.15) is 0 Å². The Balaban J connectivity index is 2.60. The molecule has 94 valence electrons. The number of esters is 1. The van der Waals surface area contributed by atoms with E-state index in [1.54, 1.807) is 24.3 Å². The molecule has 0 atom stereocenters. The number of rotatable bonds is 5. The third kappa shape index (κ3) is 4.30. The van der Waals surface area contributed by atoms with Crippen LogP contribution in [0, 0.1) is 12.3 Å². The van der Waals surface area contributed by atoms with E-state index in [2.05, 4.69) is 11.2 Å². The van der Waals surface area contributed by atoms with Crippen LogP contribution in [-0.2, 0) is 9.53 Å². The van der Waals surface area contributed by atoms with Gasteiger partial charge in [-0.25, -0.2) is 4.79 Å². The van der Waals surface area contributed by atoms with Crippen LogP contribution in [0.2, 0.25) is 0 Å². The van der Waals surface area contributed by atoms with E-state index in [1.165, 1.54) is 0 Å². The maximum atomic E-state index is 11.5. The molecule has 0 bridgehead atoms. The Morgan fingerprint density at radius 2 is 2.00 bits per heavy atom. The lowest BCUT2D eigenvalue weighted by atomic mass is 10.2. The molecule has 0 aliphatic heterocycles. The number of carbonyl (C=O) groups excluding carboxylic acids is 2. The highest BCUT2D eigenvalue weighted by atomic mass is 16.5. The lowest BCUT2D eigenvalue weighted by molar-refractivity contribution is -0.115. The summed E-state index contributed by atoms with van der Waals surface area (Å²) in [5, 5.41) is 2.62. The molecule has 1 aromatic carbocycles. The quantitative estimate of drug-likeness (QED) is 0.639. The number of amides is 1.